The Morgan fingerprint density at radius 1 is 1.50 bits per heavy atom. The average Bonchev–Trinajstić information content (AvgIpc) is 3.28. The Bertz CT molecular complexity index is 543. The number of hydrogen-bond donors (Lipinski definition) is 2. The van der Waals surface area contributed by atoms with Crippen molar-refractivity contribution in [2.45, 2.75) is 37.2 Å². The minimum absolute atomic E-state index is 0.111. The molecular weight excluding hydrogens is 276 g/mol. The van der Waals surface area contributed by atoms with Gasteiger partial charge in [0.15, 0.2) is 0 Å². The molecule has 6 nitrogen and oxygen atoms in total. The van der Waals surface area contributed by atoms with Gasteiger partial charge in [-0.25, -0.2) is 13.1 Å². The first kappa shape index (κ1) is 15.4. The lowest BCUT2D eigenvalue weighted by Crippen LogP contribution is -2.36. The van der Waals surface area contributed by atoms with E-state index >= 15 is 0 Å². The fourth-order valence-corrected chi connectivity index (χ4v) is 3.48. The van der Waals surface area contributed by atoms with E-state index in [0.717, 1.165) is 13.1 Å². The second-order valence-corrected chi connectivity index (χ2v) is 6.65. The van der Waals surface area contributed by atoms with Gasteiger partial charge in [-0.2, -0.15) is 0 Å². The molecule has 3 N–H and O–H groups in total. The zero-order chi connectivity index (χ0) is 14.6. The zero-order valence-corrected chi connectivity index (χ0v) is 12.6. The Morgan fingerprint density at radius 3 is 2.85 bits per heavy atom. The van der Waals surface area contributed by atoms with Gasteiger partial charge in [0.05, 0.1) is 5.69 Å². The van der Waals surface area contributed by atoms with E-state index in [1.807, 2.05) is 0 Å². The van der Waals surface area contributed by atoms with E-state index in [9.17, 15) is 8.42 Å². The van der Waals surface area contributed by atoms with Gasteiger partial charge in [0.2, 0.25) is 10.0 Å². The Kier molecular flexibility index (Phi) is 5.09. The third kappa shape index (κ3) is 3.76. The summed E-state index contributed by atoms with van der Waals surface area (Å²) in [6.07, 6.45) is 3.99. The quantitative estimate of drug-likeness (QED) is 0.721. The summed E-state index contributed by atoms with van der Waals surface area (Å²) < 4.78 is 27.1. The number of sulfonamides is 1. The number of nitrogens with one attached hydrogen (secondary N) is 1. The van der Waals surface area contributed by atoms with Crippen molar-refractivity contribution in [3.63, 3.8) is 0 Å². The second-order valence-electron chi connectivity index (χ2n) is 4.91. The number of hydrogen-bond acceptors (Lipinski definition) is 5. The molecule has 2 rings (SSSR count). The largest absolute Gasteiger partial charge is 0.325 e. The Hall–Kier alpha value is -1.02. The normalized spacial score (nSPS) is 15.8. The number of pyridine rings is 1. The number of nitrogens with zero attached hydrogens (tertiary/aromatic N) is 2. The minimum Gasteiger partial charge on any atom is -0.325 e. The molecule has 7 heteroatoms. The molecule has 112 valence electrons. The smallest absolute Gasteiger partial charge is 0.242 e. The highest BCUT2D eigenvalue weighted by Gasteiger charge is 2.27. The van der Waals surface area contributed by atoms with Crippen molar-refractivity contribution in [3.05, 3.63) is 24.0 Å². The topological polar surface area (TPSA) is 88.3 Å². The molecule has 0 spiro atoms. The summed E-state index contributed by atoms with van der Waals surface area (Å²) in [4.78, 5) is 6.49. The molecule has 1 heterocycles. The van der Waals surface area contributed by atoms with Gasteiger partial charge in [0, 0.05) is 31.9 Å². The molecule has 1 aliphatic rings. The fourth-order valence-electron chi connectivity index (χ4n) is 2.26. The van der Waals surface area contributed by atoms with Crippen LogP contribution in [0.1, 0.15) is 25.5 Å². The first-order chi connectivity index (χ1) is 9.58. The first-order valence-corrected chi connectivity index (χ1v) is 8.44. The van der Waals surface area contributed by atoms with Crippen LogP contribution < -0.4 is 10.5 Å². The van der Waals surface area contributed by atoms with Crippen molar-refractivity contribution in [3.8, 4) is 0 Å². The highest BCUT2D eigenvalue weighted by atomic mass is 32.2. The lowest BCUT2D eigenvalue weighted by molar-refractivity contribution is 0.282. The van der Waals surface area contributed by atoms with E-state index in [4.69, 9.17) is 5.73 Å². The zero-order valence-electron chi connectivity index (χ0n) is 11.7. The summed E-state index contributed by atoms with van der Waals surface area (Å²) in [5.74, 6) is 0. The van der Waals surface area contributed by atoms with Crippen molar-refractivity contribution >= 4 is 10.0 Å². The van der Waals surface area contributed by atoms with E-state index in [1.54, 1.807) is 12.3 Å². The van der Waals surface area contributed by atoms with E-state index in [2.05, 4.69) is 21.5 Å². The molecule has 0 aliphatic heterocycles. The van der Waals surface area contributed by atoms with Crippen molar-refractivity contribution < 1.29 is 8.42 Å². The van der Waals surface area contributed by atoms with Gasteiger partial charge in [-0.05, 0) is 31.5 Å². The third-order valence-corrected chi connectivity index (χ3v) is 5.03. The van der Waals surface area contributed by atoms with E-state index in [0.29, 0.717) is 18.3 Å². The molecule has 0 radical (unpaired) electrons. The number of aromatic nitrogens is 1. The van der Waals surface area contributed by atoms with Gasteiger partial charge in [0.1, 0.15) is 4.90 Å². The summed E-state index contributed by atoms with van der Waals surface area (Å²) in [5.41, 5.74) is 5.93. The van der Waals surface area contributed by atoms with Crippen LogP contribution in [0.2, 0.25) is 0 Å². The molecular formula is C13H22N4O2S. The second kappa shape index (κ2) is 6.62. The van der Waals surface area contributed by atoms with Crippen LogP contribution in [0.25, 0.3) is 0 Å². The van der Waals surface area contributed by atoms with Gasteiger partial charge < -0.3 is 5.73 Å². The first-order valence-electron chi connectivity index (χ1n) is 6.96. The molecule has 0 aromatic carbocycles. The molecule has 0 atom stereocenters. The van der Waals surface area contributed by atoms with Gasteiger partial charge in [0.25, 0.3) is 0 Å². The molecule has 1 aromatic heterocycles. The summed E-state index contributed by atoms with van der Waals surface area (Å²) in [6.45, 7) is 4.30. The van der Waals surface area contributed by atoms with E-state index in [1.165, 1.54) is 18.9 Å². The number of rotatable bonds is 8. The van der Waals surface area contributed by atoms with Crippen LogP contribution in [-0.2, 0) is 16.6 Å². The maximum Gasteiger partial charge on any atom is 0.242 e. The lowest BCUT2D eigenvalue weighted by atomic mass is 10.3. The molecule has 1 fully saturated rings. The van der Waals surface area contributed by atoms with Crippen molar-refractivity contribution in [2.24, 2.45) is 5.73 Å². The molecule has 1 aromatic rings. The van der Waals surface area contributed by atoms with Crippen LogP contribution in [0.15, 0.2) is 23.2 Å². The van der Waals surface area contributed by atoms with Crippen LogP contribution in [0, 0.1) is 0 Å². The van der Waals surface area contributed by atoms with Crippen LogP contribution in [0.3, 0.4) is 0 Å². The number of likely N-dealkylation sites (N-methyl/N-ethyl adjacent to an activating group) is 1. The van der Waals surface area contributed by atoms with Crippen molar-refractivity contribution in [1.82, 2.24) is 14.6 Å². The van der Waals surface area contributed by atoms with Gasteiger partial charge in [-0.15, -0.1) is 0 Å². The average molecular weight is 298 g/mol. The molecule has 0 amide bonds. The monoisotopic (exact) mass is 298 g/mol. The van der Waals surface area contributed by atoms with Gasteiger partial charge in [-0.1, -0.05) is 6.92 Å². The lowest BCUT2D eigenvalue weighted by Gasteiger charge is -2.19. The molecule has 1 saturated carbocycles. The van der Waals surface area contributed by atoms with Gasteiger partial charge >= 0.3 is 0 Å². The minimum atomic E-state index is -3.53. The van der Waals surface area contributed by atoms with Crippen molar-refractivity contribution in [2.75, 3.05) is 19.6 Å². The highest BCUT2D eigenvalue weighted by molar-refractivity contribution is 7.89. The Morgan fingerprint density at radius 2 is 2.25 bits per heavy atom. The predicted molar refractivity (Wildman–Crippen MR) is 77.6 cm³/mol. The summed E-state index contributed by atoms with van der Waals surface area (Å²) in [7, 11) is -3.53. The molecule has 0 saturated heterocycles. The standard InChI is InChI=1S/C13H22N4O2S/c1-2-17(11-5-6-11)9-8-16-20(18,19)13-4-3-7-15-12(13)10-14/h3-4,7,11,16H,2,5-6,8-10,14H2,1H3. The highest BCUT2D eigenvalue weighted by Crippen LogP contribution is 2.25. The van der Waals surface area contributed by atoms with Crippen molar-refractivity contribution in [1.29, 1.82) is 0 Å². The summed E-state index contributed by atoms with van der Waals surface area (Å²) >= 11 is 0. The summed E-state index contributed by atoms with van der Waals surface area (Å²) in [5, 5.41) is 0. The molecule has 0 unspecified atom stereocenters. The van der Waals surface area contributed by atoms with Gasteiger partial charge in [-0.3, -0.25) is 9.88 Å². The maximum atomic E-state index is 12.2. The van der Waals surface area contributed by atoms with Crippen LogP contribution in [0.4, 0.5) is 0 Å². The Balaban J connectivity index is 1.96. The predicted octanol–water partition coefficient (Wildman–Crippen LogP) is 0.303. The van der Waals surface area contributed by atoms with Crippen LogP contribution in [0.5, 0.6) is 0 Å². The van der Waals surface area contributed by atoms with E-state index < -0.39 is 10.0 Å². The van der Waals surface area contributed by atoms with E-state index in [-0.39, 0.29) is 11.4 Å². The SMILES string of the molecule is CCN(CCNS(=O)(=O)c1cccnc1CN)C1CC1. The molecule has 20 heavy (non-hydrogen) atoms. The molecule has 0 bridgehead atoms. The summed E-state index contributed by atoms with van der Waals surface area (Å²) in [6, 6.07) is 3.79. The maximum absolute atomic E-state index is 12.2. The number of nitrogens with two attached hydrogens (primary N) is 1. The van der Waals surface area contributed by atoms with Crippen LogP contribution >= 0.6 is 0 Å². The Labute approximate surface area is 120 Å². The molecule has 1 aliphatic carbocycles. The fraction of sp³-hybridized carbons (Fsp3) is 0.615. The third-order valence-electron chi connectivity index (χ3n) is 3.49. The van der Waals surface area contributed by atoms with Crippen LogP contribution in [-0.4, -0.2) is 44.0 Å².